The summed E-state index contributed by atoms with van der Waals surface area (Å²) >= 11 is 0. The van der Waals surface area contributed by atoms with E-state index in [9.17, 15) is 9.59 Å². The number of Topliss-reactive ketones (excluding diaryl/α,β-unsaturated/α-hetero) is 1. The van der Waals surface area contributed by atoms with Crippen LogP contribution < -0.4 is 0 Å². The van der Waals surface area contributed by atoms with E-state index in [0.717, 1.165) is 0 Å². The summed E-state index contributed by atoms with van der Waals surface area (Å²) in [4.78, 5) is 24.1. The second-order valence-electron chi connectivity index (χ2n) is 4.00. The lowest BCUT2D eigenvalue weighted by Crippen LogP contribution is -2.47. The maximum absolute atomic E-state index is 11.3. The van der Waals surface area contributed by atoms with Crippen LogP contribution in [0.5, 0.6) is 0 Å². The molecule has 12 heavy (non-hydrogen) atoms. The van der Waals surface area contributed by atoms with E-state index in [2.05, 4.69) is 0 Å². The van der Waals surface area contributed by atoms with Gasteiger partial charge in [-0.25, -0.2) is 0 Å². The van der Waals surface area contributed by atoms with Gasteiger partial charge in [0.2, 0.25) is 5.91 Å². The van der Waals surface area contributed by atoms with Crippen LogP contribution in [0.4, 0.5) is 0 Å². The Kier molecular flexibility index (Phi) is 2.22. The van der Waals surface area contributed by atoms with Crippen molar-refractivity contribution in [1.82, 2.24) is 4.90 Å². The first-order valence-corrected chi connectivity index (χ1v) is 4.22. The van der Waals surface area contributed by atoms with Crippen LogP contribution in [0.1, 0.15) is 27.2 Å². The molecular formula is C9H15NO2. The van der Waals surface area contributed by atoms with Crippen molar-refractivity contribution in [1.29, 1.82) is 0 Å². The lowest BCUT2D eigenvalue weighted by atomic mass is 9.83. The topological polar surface area (TPSA) is 37.4 Å². The van der Waals surface area contributed by atoms with Crippen molar-refractivity contribution in [3.05, 3.63) is 0 Å². The summed E-state index contributed by atoms with van der Waals surface area (Å²) in [5.74, 6) is 0.329. The SMILES string of the molecule is CC(=O)N1CCC(=O)C(C)(C)C1. The minimum atomic E-state index is -0.343. The quantitative estimate of drug-likeness (QED) is 0.538. The number of amides is 1. The highest BCUT2D eigenvalue weighted by Gasteiger charge is 2.34. The van der Waals surface area contributed by atoms with E-state index in [1.54, 1.807) is 11.8 Å². The lowest BCUT2D eigenvalue weighted by Gasteiger charge is -2.36. The Morgan fingerprint density at radius 2 is 2.08 bits per heavy atom. The van der Waals surface area contributed by atoms with Crippen LogP contribution in [0.25, 0.3) is 0 Å². The fourth-order valence-electron chi connectivity index (χ4n) is 1.49. The second kappa shape index (κ2) is 2.88. The van der Waals surface area contributed by atoms with E-state index in [-0.39, 0.29) is 17.1 Å². The van der Waals surface area contributed by atoms with Crippen molar-refractivity contribution in [2.24, 2.45) is 5.41 Å². The van der Waals surface area contributed by atoms with Gasteiger partial charge in [0.25, 0.3) is 0 Å². The Morgan fingerprint density at radius 1 is 1.50 bits per heavy atom. The third-order valence-electron chi connectivity index (χ3n) is 2.40. The molecule has 0 saturated carbocycles. The van der Waals surface area contributed by atoms with Crippen molar-refractivity contribution < 1.29 is 9.59 Å². The smallest absolute Gasteiger partial charge is 0.219 e. The molecule has 1 heterocycles. The molecule has 0 N–H and O–H groups in total. The number of hydrogen-bond donors (Lipinski definition) is 0. The summed E-state index contributed by atoms with van der Waals surface area (Å²) in [6.45, 7) is 6.50. The molecule has 3 heteroatoms. The zero-order valence-corrected chi connectivity index (χ0v) is 7.89. The third-order valence-corrected chi connectivity index (χ3v) is 2.40. The molecule has 1 fully saturated rings. The number of nitrogens with zero attached hydrogens (tertiary/aromatic N) is 1. The van der Waals surface area contributed by atoms with E-state index < -0.39 is 0 Å². The lowest BCUT2D eigenvalue weighted by molar-refractivity contribution is -0.139. The second-order valence-corrected chi connectivity index (χ2v) is 4.00. The van der Waals surface area contributed by atoms with Gasteiger partial charge in [-0.1, -0.05) is 13.8 Å². The van der Waals surface area contributed by atoms with E-state index >= 15 is 0 Å². The molecule has 1 saturated heterocycles. The summed E-state index contributed by atoms with van der Waals surface area (Å²) < 4.78 is 0. The van der Waals surface area contributed by atoms with Crippen LogP contribution >= 0.6 is 0 Å². The number of hydrogen-bond acceptors (Lipinski definition) is 2. The summed E-state index contributed by atoms with van der Waals surface area (Å²) in [5, 5.41) is 0. The van der Waals surface area contributed by atoms with E-state index in [1.807, 2.05) is 13.8 Å². The monoisotopic (exact) mass is 169 g/mol. The van der Waals surface area contributed by atoms with Gasteiger partial charge in [0.1, 0.15) is 5.78 Å². The van der Waals surface area contributed by atoms with Gasteiger partial charge in [-0.05, 0) is 0 Å². The summed E-state index contributed by atoms with van der Waals surface area (Å²) in [6, 6.07) is 0. The zero-order valence-electron chi connectivity index (χ0n) is 7.89. The van der Waals surface area contributed by atoms with E-state index in [4.69, 9.17) is 0 Å². The molecule has 68 valence electrons. The van der Waals surface area contributed by atoms with Gasteiger partial charge >= 0.3 is 0 Å². The standard InChI is InChI=1S/C9H15NO2/c1-7(11)10-5-4-8(12)9(2,3)6-10/h4-6H2,1-3H3. The van der Waals surface area contributed by atoms with E-state index in [1.165, 1.54) is 0 Å². The van der Waals surface area contributed by atoms with Crippen LogP contribution in [0.15, 0.2) is 0 Å². The normalized spacial score (nSPS) is 22.6. The van der Waals surface area contributed by atoms with Crippen molar-refractivity contribution in [3.63, 3.8) is 0 Å². The molecule has 0 bridgehead atoms. The van der Waals surface area contributed by atoms with Crippen molar-refractivity contribution >= 4 is 11.7 Å². The van der Waals surface area contributed by atoms with Gasteiger partial charge in [0.15, 0.2) is 0 Å². The Morgan fingerprint density at radius 3 is 2.50 bits per heavy atom. The highest BCUT2D eigenvalue weighted by Crippen LogP contribution is 2.24. The van der Waals surface area contributed by atoms with Crippen LogP contribution in [-0.4, -0.2) is 29.7 Å². The number of ketones is 1. The highest BCUT2D eigenvalue weighted by atomic mass is 16.2. The maximum Gasteiger partial charge on any atom is 0.219 e. The number of piperidine rings is 1. The van der Waals surface area contributed by atoms with Gasteiger partial charge in [0.05, 0.1) is 0 Å². The highest BCUT2D eigenvalue weighted by molar-refractivity contribution is 5.87. The van der Waals surface area contributed by atoms with Gasteiger partial charge in [-0.2, -0.15) is 0 Å². The van der Waals surface area contributed by atoms with Crippen LogP contribution in [-0.2, 0) is 9.59 Å². The Labute approximate surface area is 72.7 Å². The van der Waals surface area contributed by atoms with E-state index in [0.29, 0.717) is 19.5 Å². The molecule has 0 atom stereocenters. The molecule has 1 aliphatic rings. The molecule has 1 rings (SSSR count). The first-order chi connectivity index (χ1) is 5.43. The van der Waals surface area contributed by atoms with Gasteiger partial charge in [0, 0.05) is 31.8 Å². The molecule has 0 aliphatic carbocycles. The molecule has 0 aromatic rings. The van der Waals surface area contributed by atoms with Gasteiger partial charge in [-0.15, -0.1) is 0 Å². The predicted octanol–water partition coefficient (Wildman–Crippen LogP) is 0.834. The minimum Gasteiger partial charge on any atom is -0.342 e. The number of carbonyl (C=O) groups is 2. The van der Waals surface area contributed by atoms with Crippen molar-refractivity contribution in [2.75, 3.05) is 13.1 Å². The fraction of sp³-hybridized carbons (Fsp3) is 0.778. The minimum absolute atomic E-state index is 0.0653. The number of likely N-dealkylation sites (tertiary alicyclic amines) is 1. The first-order valence-electron chi connectivity index (χ1n) is 4.22. The van der Waals surface area contributed by atoms with Crippen LogP contribution in [0.3, 0.4) is 0 Å². The molecule has 0 spiro atoms. The fourth-order valence-corrected chi connectivity index (χ4v) is 1.49. The largest absolute Gasteiger partial charge is 0.342 e. The summed E-state index contributed by atoms with van der Waals surface area (Å²) in [6.07, 6.45) is 0.507. The van der Waals surface area contributed by atoms with Crippen LogP contribution in [0, 0.1) is 5.41 Å². The predicted molar refractivity (Wildman–Crippen MR) is 45.7 cm³/mol. The molecule has 0 unspecified atom stereocenters. The molecule has 1 amide bonds. The Hall–Kier alpha value is -0.860. The molecule has 0 radical (unpaired) electrons. The van der Waals surface area contributed by atoms with Gasteiger partial charge < -0.3 is 4.90 Å². The van der Waals surface area contributed by atoms with Crippen molar-refractivity contribution in [3.8, 4) is 0 Å². The molecule has 3 nitrogen and oxygen atoms in total. The maximum atomic E-state index is 11.3. The van der Waals surface area contributed by atoms with Gasteiger partial charge in [-0.3, -0.25) is 9.59 Å². The molecular weight excluding hydrogens is 154 g/mol. The average molecular weight is 169 g/mol. The Balaban J connectivity index is 2.69. The van der Waals surface area contributed by atoms with Crippen molar-refractivity contribution in [2.45, 2.75) is 27.2 Å². The number of rotatable bonds is 0. The number of carbonyl (C=O) groups excluding carboxylic acids is 2. The Bertz CT molecular complexity index is 221. The third kappa shape index (κ3) is 1.65. The summed E-state index contributed by atoms with van der Waals surface area (Å²) in [5.41, 5.74) is -0.343. The molecule has 1 aliphatic heterocycles. The summed E-state index contributed by atoms with van der Waals surface area (Å²) in [7, 11) is 0. The molecule has 0 aromatic carbocycles. The zero-order chi connectivity index (χ0) is 9.35. The van der Waals surface area contributed by atoms with Crippen LogP contribution in [0.2, 0.25) is 0 Å². The average Bonchev–Trinajstić information content (AvgIpc) is 1.94. The first kappa shape index (κ1) is 9.23. The molecule has 0 aromatic heterocycles.